The number of rotatable bonds is 11. The van der Waals surface area contributed by atoms with Crippen molar-refractivity contribution in [2.45, 2.75) is 223 Å². The quantitative estimate of drug-likeness (QED) is 0.0678. The number of carbonyl (C=O) groups excluding carboxylic acids is 4. The van der Waals surface area contributed by atoms with Crippen molar-refractivity contribution < 1.29 is 77.9 Å². The summed E-state index contributed by atoms with van der Waals surface area (Å²) in [6.07, 6.45) is -4.91. The number of likely N-dealkylation sites (N-methyl/N-ethyl adjacent to an activating group) is 2. The van der Waals surface area contributed by atoms with E-state index in [0.29, 0.717) is 19.4 Å². The van der Waals surface area contributed by atoms with Gasteiger partial charge in [0.2, 0.25) is 0 Å². The van der Waals surface area contributed by atoms with Gasteiger partial charge >= 0.3 is 17.9 Å². The van der Waals surface area contributed by atoms with Crippen LogP contribution >= 0.6 is 11.6 Å². The second-order valence-corrected chi connectivity index (χ2v) is 25.6. The Kier molecular flexibility index (Phi) is 18.8. The molecule has 0 aromatic heterocycles. The topological polar surface area (TPSA) is 242 Å². The highest BCUT2D eigenvalue weighted by Gasteiger charge is 2.76. The average Bonchev–Trinajstić information content (AvgIpc) is 3.53. The van der Waals surface area contributed by atoms with E-state index in [2.05, 4.69) is 0 Å². The maximum Gasteiger partial charge on any atom is 0.338 e. The number of aliphatic hydroxyl groups is 6. The van der Waals surface area contributed by atoms with Crippen LogP contribution in [-0.4, -0.2) is 181 Å². The van der Waals surface area contributed by atoms with Crippen LogP contribution < -0.4 is 0 Å². The van der Waals surface area contributed by atoms with Crippen LogP contribution in [-0.2, 0) is 42.9 Å². The molecule has 0 aromatic carbocycles. The summed E-state index contributed by atoms with van der Waals surface area (Å²) in [7, 11) is 5.47. The molecule has 2 saturated heterocycles. The van der Waals surface area contributed by atoms with Crippen LogP contribution in [0, 0.1) is 46.3 Å². The lowest BCUT2D eigenvalue weighted by Crippen LogP contribution is -2.69. The maximum absolute atomic E-state index is 16.0. The lowest BCUT2D eigenvalue weighted by atomic mass is 9.46. The number of unbranched alkanes of at least 4 members (excludes halogenated alkanes) is 1. The number of hydrogen-bond acceptors (Lipinski definition) is 17. The fourth-order valence-corrected chi connectivity index (χ4v) is 15.1. The van der Waals surface area contributed by atoms with Gasteiger partial charge in [0, 0.05) is 48.6 Å². The van der Waals surface area contributed by atoms with E-state index in [0.717, 1.165) is 0 Å². The Morgan fingerprint density at radius 2 is 1.61 bits per heavy atom. The number of esters is 3. The van der Waals surface area contributed by atoms with E-state index in [4.69, 9.17) is 35.3 Å². The molecule has 0 radical (unpaired) electrons. The van der Waals surface area contributed by atoms with Crippen molar-refractivity contribution in [3.8, 4) is 0 Å². The molecule has 3 unspecified atom stereocenters. The van der Waals surface area contributed by atoms with E-state index >= 15 is 4.39 Å². The Hall–Kier alpha value is -2.62. The van der Waals surface area contributed by atoms with Crippen LogP contribution in [0.2, 0.25) is 0 Å². The number of ether oxygens (including phenoxy) is 5. The first-order valence-electron chi connectivity index (χ1n) is 27.4. The zero-order chi connectivity index (χ0) is 56.3. The van der Waals surface area contributed by atoms with Crippen LogP contribution in [0.15, 0.2) is 23.6 Å². The minimum absolute atomic E-state index is 0.0637. The number of aliphatic hydroxyl groups excluding tert-OH is 3. The molecule has 17 nitrogen and oxygen atoms in total. The Morgan fingerprint density at radius 1 is 0.960 bits per heavy atom. The summed E-state index contributed by atoms with van der Waals surface area (Å²) in [6.45, 7) is 18.9. The summed E-state index contributed by atoms with van der Waals surface area (Å²) in [6, 6.07) is -1.01. The fourth-order valence-electron chi connectivity index (χ4n) is 14.7. The number of hydrogen-bond donors (Lipinski definition) is 6. The van der Waals surface area contributed by atoms with Gasteiger partial charge in [0.25, 0.3) is 0 Å². The predicted octanol–water partition coefficient (Wildman–Crippen LogP) is 5.15. The van der Waals surface area contributed by atoms with E-state index in [1.54, 1.807) is 61.6 Å². The first kappa shape index (κ1) is 61.6. The number of fused-ring (bicyclic) bond motifs is 5. The monoisotopic (exact) mass is 1080 g/mol. The molecule has 2 saturated carbocycles. The van der Waals surface area contributed by atoms with Crippen LogP contribution in [0.4, 0.5) is 4.39 Å². The number of alkyl halides is 1. The first-order chi connectivity index (χ1) is 34.6. The van der Waals surface area contributed by atoms with Crippen molar-refractivity contribution in [2.24, 2.45) is 46.3 Å². The van der Waals surface area contributed by atoms with Gasteiger partial charge in [0.05, 0.1) is 53.5 Å². The molecule has 22 atom stereocenters. The molecule has 0 aromatic rings. The normalized spacial score (nSPS) is 47.2. The van der Waals surface area contributed by atoms with Crippen LogP contribution in [0.25, 0.3) is 0 Å². The molecule has 75 heavy (non-hydrogen) atoms. The predicted molar refractivity (Wildman–Crippen MR) is 276 cm³/mol. The number of ketones is 1. The van der Waals surface area contributed by atoms with Crippen molar-refractivity contribution in [1.29, 1.82) is 0 Å². The van der Waals surface area contributed by atoms with Gasteiger partial charge < -0.3 is 64.1 Å². The van der Waals surface area contributed by atoms with Crippen LogP contribution in [0.3, 0.4) is 0 Å². The fraction of sp³-hybridized carbons (Fsp3) is 0.857. The summed E-state index contributed by atoms with van der Waals surface area (Å²) in [4.78, 5) is 56.5. The molecule has 0 spiro atoms. The van der Waals surface area contributed by atoms with Gasteiger partial charge in [-0.3, -0.25) is 14.4 Å². The largest absolute Gasteiger partial charge is 0.464 e. The highest BCUT2D eigenvalue weighted by molar-refractivity contribution is 6.26. The zero-order valence-corrected chi connectivity index (χ0v) is 47.6. The van der Waals surface area contributed by atoms with Crippen LogP contribution in [0.5, 0.6) is 0 Å². The second-order valence-electron chi connectivity index (χ2n) is 25.0. The van der Waals surface area contributed by atoms with E-state index in [-0.39, 0.29) is 75.2 Å². The van der Waals surface area contributed by atoms with Crippen LogP contribution in [0.1, 0.15) is 140 Å². The molecule has 19 heteroatoms. The standard InChI is InChI=1S/C56H90ClFN2O15/c1-15-42-54(11,69)46(65)34(7)60(14)28-29(2)26-53(10,68)47(32(5)44(64)33(6)48(66)73-42)75-49-45(40(59(12)13)23-31(4)72-49)74-43(63)18-16-17-21-71-50(67)56(70)30(3)22-36-37-25-39(58)38-24-35(61)19-20-51(38,8)55(37,57)41(62)27-52(36,56)9/h19-20,29-34,36-37,40-42,44-47,49,62,64-65,68-70H,15-18,21-28H2,1-14H3/t29-,30-,31-,32+,33-,34-,36?,37?,40-,41+,42-,44+,45?,46-,47-,49+,51+,52+,53-,54-,55+,56+/m1/s1. The lowest BCUT2D eigenvalue weighted by Gasteiger charge is -2.63. The number of nitrogens with zero attached hydrogens (tertiary/aromatic N) is 2. The van der Waals surface area contributed by atoms with Crippen molar-refractivity contribution in [1.82, 2.24) is 9.80 Å². The van der Waals surface area contributed by atoms with Gasteiger partial charge in [0.15, 0.2) is 23.8 Å². The highest BCUT2D eigenvalue weighted by atomic mass is 35.5. The van der Waals surface area contributed by atoms with E-state index in [9.17, 15) is 49.8 Å². The number of halogens is 2. The van der Waals surface area contributed by atoms with Crippen molar-refractivity contribution in [3.63, 3.8) is 0 Å². The molecule has 2 aliphatic heterocycles. The number of carbonyl (C=O) groups is 4. The summed E-state index contributed by atoms with van der Waals surface area (Å²) < 4.78 is 47.0. The van der Waals surface area contributed by atoms with Gasteiger partial charge in [0.1, 0.15) is 23.6 Å². The summed E-state index contributed by atoms with van der Waals surface area (Å²) in [5.41, 5.74) is -7.70. The third-order valence-electron chi connectivity index (χ3n) is 19.3. The molecular formula is C56H90ClFN2O15. The molecule has 4 aliphatic carbocycles. The van der Waals surface area contributed by atoms with Gasteiger partial charge in [-0.25, -0.2) is 9.18 Å². The van der Waals surface area contributed by atoms with Crippen molar-refractivity contribution >= 4 is 35.3 Å². The zero-order valence-electron chi connectivity index (χ0n) is 46.9. The Bertz CT molecular complexity index is 2160. The molecule has 2 heterocycles. The number of cyclic esters (lactones) is 1. The molecule has 6 rings (SSSR count). The van der Waals surface area contributed by atoms with Crippen molar-refractivity contribution in [2.75, 3.05) is 34.3 Å². The average molecular weight is 1090 g/mol. The third kappa shape index (κ3) is 11.2. The molecule has 428 valence electrons. The smallest absolute Gasteiger partial charge is 0.338 e. The molecule has 4 fully saturated rings. The first-order valence-corrected chi connectivity index (χ1v) is 27.8. The lowest BCUT2D eigenvalue weighted by molar-refractivity contribution is -0.301. The minimum atomic E-state index is -2.05. The molecule has 6 N–H and O–H groups in total. The summed E-state index contributed by atoms with van der Waals surface area (Å²) in [5.74, 6) is -7.10. The van der Waals surface area contributed by atoms with Gasteiger partial charge in [-0.1, -0.05) is 47.6 Å². The summed E-state index contributed by atoms with van der Waals surface area (Å²) >= 11 is 7.48. The van der Waals surface area contributed by atoms with E-state index in [1.807, 2.05) is 37.7 Å². The van der Waals surface area contributed by atoms with Gasteiger partial charge in [-0.05, 0) is 136 Å². The maximum atomic E-state index is 16.0. The van der Waals surface area contributed by atoms with Gasteiger partial charge in [-0.2, -0.15) is 0 Å². The Morgan fingerprint density at radius 3 is 2.24 bits per heavy atom. The van der Waals surface area contributed by atoms with Crippen molar-refractivity contribution in [3.05, 3.63) is 23.6 Å². The molecule has 0 amide bonds. The Labute approximate surface area is 448 Å². The summed E-state index contributed by atoms with van der Waals surface area (Å²) in [5, 5.41) is 71.8. The second kappa shape index (κ2) is 22.9. The highest BCUT2D eigenvalue weighted by Crippen LogP contribution is 2.72. The molecule has 0 bridgehead atoms. The molecular weight excluding hydrogens is 995 g/mol. The SMILES string of the molecule is CC[C@H]1OC(=O)[C@H](C)[C@@H](O)[C@H](C)[C@@H](O[C@@H]2O[C@H](C)C[C@@H](N(C)C)C2OC(=O)CCCCOC(=O)[C@@]2(O)[C@H](C)CC3C4CC(F)=C5CC(=O)C=C[C@]5(C)[C@@]4(Cl)[C@@H](O)C[C@@]32C)[C@](C)(O)C[C@@H](C)CN(C)[C@H](C)[C@@H](O)[C@]1(C)O. The Balaban J connectivity index is 1.14. The van der Waals surface area contributed by atoms with E-state index < -0.39 is 147 Å². The van der Waals surface area contributed by atoms with E-state index in [1.165, 1.54) is 19.9 Å². The minimum Gasteiger partial charge on any atom is -0.464 e. The number of allylic oxidation sites excluding steroid dienone is 4. The third-order valence-corrected chi connectivity index (χ3v) is 20.2. The van der Waals surface area contributed by atoms with Gasteiger partial charge in [-0.15, -0.1) is 11.6 Å². The molecule has 6 aliphatic rings.